The molecule has 0 saturated carbocycles. The van der Waals surface area contributed by atoms with Gasteiger partial charge in [0.2, 0.25) is 11.8 Å². The Bertz CT molecular complexity index is 768. The second kappa shape index (κ2) is 10.1. The van der Waals surface area contributed by atoms with Gasteiger partial charge in [-0.05, 0) is 51.3 Å². The van der Waals surface area contributed by atoms with Crippen molar-refractivity contribution < 1.29 is 19.1 Å². The van der Waals surface area contributed by atoms with Gasteiger partial charge in [-0.2, -0.15) is 0 Å². The van der Waals surface area contributed by atoms with Crippen molar-refractivity contribution in [2.45, 2.75) is 39.7 Å². The highest BCUT2D eigenvalue weighted by molar-refractivity contribution is 5.92. The van der Waals surface area contributed by atoms with Crippen molar-refractivity contribution in [3.63, 3.8) is 0 Å². The number of rotatable bonds is 4. The zero-order chi connectivity index (χ0) is 21.4. The van der Waals surface area contributed by atoms with Gasteiger partial charge in [0.05, 0.1) is 0 Å². The number of ether oxygens (including phenoxy) is 1. The van der Waals surface area contributed by atoms with Crippen LogP contribution in [0.25, 0.3) is 6.08 Å². The van der Waals surface area contributed by atoms with Crippen LogP contribution >= 0.6 is 0 Å². The molecule has 7 heteroatoms. The Kier molecular flexibility index (Phi) is 7.82. The number of hydrogen-bond donors (Lipinski definition) is 1. The molecule has 29 heavy (non-hydrogen) atoms. The molecule has 3 amide bonds. The second-order valence-corrected chi connectivity index (χ2v) is 8.10. The first-order valence-corrected chi connectivity index (χ1v) is 9.93. The van der Waals surface area contributed by atoms with Crippen molar-refractivity contribution in [2.75, 3.05) is 32.7 Å². The minimum absolute atomic E-state index is 0.0607. The van der Waals surface area contributed by atoms with E-state index in [4.69, 9.17) is 4.74 Å². The van der Waals surface area contributed by atoms with E-state index >= 15 is 0 Å². The molecule has 1 aromatic rings. The lowest BCUT2D eigenvalue weighted by atomic mass is 10.1. The third-order valence-corrected chi connectivity index (χ3v) is 4.54. The lowest BCUT2D eigenvalue weighted by molar-refractivity contribution is -0.131. The molecule has 0 aromatic heterocycles. The summed E-state index contributed by atoms with van der Waals surface area (Å²) in [4.78, 5) is 40.0. The third-order valence-electron chi connectivity index (χ3n) is 4.54. The quantitative estimate of drug-likeness (QED) is 0.787. The molecule has 1 N–H and O–H groups in total. The fourth-order valence-electron chi connectivity index (χ4n) is 3.00. The van der Waals surface area contributed by atoms with Crippen molar-refractivity contribution in [2.24, 2.45) is 0 Å². The molecule has 1 aliphatic heterocycles. The summed E-state index contributed by atoms with van der Waals surface area (Å²) in [6.45, 7) is 9.25. The highest BCUT2D eigenvalue weighted by atomic mass is 16.6. The van der Waals surface area contributed by atoms with Crippen molar-refractivity contribution in [1.82, 2.24) is 15.1 Å². The molecule has 0 atom stereocenters. The summed E-state index contributed by atoms with van der Waals surface area (Å²) < 4.78 is 5.14. The van der Waals surface area contributed by atoms with E-state index in [2.05, 4.69) is 5.32 Å². The number of carbonyl (C=O) groups excluding carboxylic acids is 3. The van der Waals surface area contributed by atoms with E-state index in [0.29, 0.717) is 32.6 Å². The number of aryl methyl sites for hydroxylation is 1. The monoisotopic (exact) mass is 401 g/mol. The summed E-state index contributed by atoms with van der Waals surface area (Å²) in [6.07, 6.45) is 3.50. The van der Waals surface area contributed by atoms with Crippen molar-refractivity contribution in [3.8, 4) is 0 Å². The number of amides is 3. The fourth-order valence-corrected chi connectivity index (χ4v) is 3.00. The Balaban J connectivity index is 1.83. The van der Waals surface area contributed by atoms with Gasteiger partial charge in [-0.15, -0.1) is 0 Å². The molecule has 1 saturated heterocycles. The SMILES string of the molecule is Cc1ccccc1/C=C/C(=O)N1CCCN(C(=O)CNC(=O)OC(C)(C)C)CC1. The van der Waals surface area contributed by atoms with Crippen LogP contribution < -0.4 is 5.32 Å². The summed E-state index contributed by atoms with van der Waals surface area (Å²) in [5.74, 6) is -0.241. The first-order valence-electron chi connectivity index (χ1n) is 9.93. The van der Waals surface area contributed by atoms with Crippen molar-refractivity contribution in [3.05, 3.63) is 41.5 Å². The largest absolute Gasteiger partial charge is 0.444 e. The maximum Gasteiger partial charge on any atom is 0.408 e. The van der Waals surface area contributed by atoms with Crippen LogP contribution in [0.5, 0.6) is 0 Å². The molecular formula is C22H31N3O4. The van der Waals surface area contributed by atoms with Crippen LogP contribution in [-0.2, 0) is 14.3 Å². The molecule has 1 fully saturated rings. The molecule has 1 aromatic carbocycles. The summed E-state index contributed by atoms with van der Waals surface area (Å²) in [6, 6.07) is 7.88. The summed E-state index contributed by atoms with van der Waals surface area (Å²) in [5, 5.41) is 2.49. The highest BCUT2D eigenvalue weighted by Gasteiger charge is 2.22. The fraction of sp³-hybridized carbons (Fsp3) is 0.500. The molecule has 158 valence electrons. The summed E-state index contributed by atoms with van der Waals surface area (Å²) in [7, 11) is 0. The average molecular weight is 402 g/mol. The van der Waals surface area contributed by atoms with E-state index in [9.17, 15) is 14.4 Å². The van der Waals surface area contributed by atoms with Gasteiger partial charge in [0.15, 0.2) is 0 Å². The Morgan fingerprint density at radius 1 is 1.07 bits per heavy atom. The van der Waals surface area contributed by atoms with Gasteiger partial charge in [0.25, 0.3) is 0 Å². The lowest BCUT2D eigenvalue weighted by Gasteiger charge is -2.23. The Morgan fingerprint density at radius 3 is 2.41 bits per heavy atom. The maximum atomic E-state index is 12.5. The van der Waals surface area contributed by atoms with Gasteiger partial charge in [-0.1, -0.05) is 24.3 Å². The Morgan fingerprint density at radius 2 is 1.72 bits per heavy atom. The number of carbonyl (C=O) groups is 3. The lowest BCUT2D eigenvalue weighted by Crippen LogP contribution is -2.43. The van der Waals surface area contributed by atoms with Crippen LogP contribution in [0.2, 0.25) is 0 Å². The molecule has 0 bridgehead atoms. The van der Waals surface area contributed by atoms with E-state index in [0.717, 1.165) is 11.1 Å². The minimum Gasteiger partial charge on any atom is -0.444 e. The second-order valence-electron chi connectivity index (χ2n) is 8.10. The van der Waals surface area contributed by atoms with E-state index < -0.39 is 11.7 Å². The predicted molar refractivity (Wildman–Crippen MR) is 112 cm³/mol. The molecular weight excluding hydrogens is 370 g/mol. The summed E-state index contributed by atoms with van der Waals surface area (Å²) >= 11 is 0. The number of nitrogens with one attached hydrogen (secondary N) is 1. The van der Waals surface area contributed by atoms with Gasteiger partial charge in [-0.3, -0.25) is 9.59 Å². The van der Waals surface area contributed by atoms with Crippen LogP contribution in [-0.4, -0.2) is 66.0 Å². The van der Waals surface area contributed by atoms with Crippen LogP contribution in [0.3, 0.4) is 0 Å². The van der Waals surface area contributed by atoms with Gasteiger partial charge in [0.1, 0.15) is 12.1 Å². The molecule has 0 aliphatic carbocycles. The normalized spacial score (nSPS) is 15.2. The van der Waals surface area contributed by atoms with Crippen LogP contribution in [0, 0.1) is 6.92 Å². The first kappa shape index (κ1) is 22.5. The standard InChI is InChI=1S/C22H31N3O4/c1-17-8-5-6-9-18(17)10-11-19(26)24-12-7-13-25(15-14-24)20(27)16-23-21(28)29-22(2,3)4/h5-6,8-11H,7,12-16H2,1-4H3,(H,23,28)/b11-10+. The van der Waals surface area contributed by atoms with Gasteiger partial charge >= 0.3 is 6.09 Å². The predicted octanol–water partition coefficient (Wildman–Crippen LogP) is 2.59. The zero-order valence-corrected chi connectivity index (χ0v) is 17.7. The van der Waals surface area contributed by atoms with E-state index in [1.165, 1.54) is 0 Å². The van der Waals surface area contributed by atoms with Crippen LogP contribution in [0.1, 0.15) is 38.3 Å². The van der Waals surface area contributed by atoms with Crippen LogP contribution in [0.15, 0.2) is 30.3 Å². The minimum atomic E-state index is -0.612. The molecule has 1 heterocycles. The molecule has 0 unspecified atom stereocenters. The first-order chi connectivity index (χ1) is 13.7. The molecule has 0 radical (unpaired) electrons. The van der Waals surface area contributed by atoms with Crippen molar-refractivity contribution in [1.29, 1.82) is 0 Å². The van der Waals surface area contributed by atoms with Gasteiger partial charge < -0.3 is 19.9 Å². The van der Waals surface area contributed by atoms with Gasteiger partial charge in [0, 0.05) is 32.3 Å². The number of alkyl carbamates (subject to hydrolysis) is 1. The van der Waals surface area contributed by atoms with Crippen molar-refractivity contribution >= 4 is 24.0 Å². The Hall–Kier alpha value is -2.83. The number of benzene rings is 1. The zero-order valence-electron chi connectivity index (χ0n) is 17.7. The van der Waals surface area contributed by atoms with Gasteiger partial charge in [-0.25, -0.2) is 4.79 Å². The number of hydrogen-bond acceptors (Lipinski definition) is 4. The molecule has 0 spiro atoms. The van der Waals surface area contributed by atoms with E-state index in [1.807, 2.05) is 37.3 Å². The topological polar surface area (TPSA) is 79.0 Å². The highest BCUT2D eigenvalue weighted by Crippen LogP contribution is 2.10. The molecule has 7 nitrogen and oxygen atoms in total. The Labute approximate surface area is 172 Å². The smallest absolute Gasteiger partial charge is 0.408 e. The molecule has 1 aliphatic rings. The average Bonchev–Trinajstić information content (AvgIpc) is 2.90. The third kappa shape index (κ3) is 7.60. The summed E-state index contributed by atoms with van der Waals surface area (Å²) in [5.41, 5.74) is 1.52. The van der Waals surface area contributed by atoms with E-state index in [1.54, 1.807) is 36.6 Å². The maximum absolute atomic E-state index is 12.5. The van der Waals surface area contributed by atoms with E-state index in [-0.39, 0.29) is 18.4 Å². The van der Waals surface area contributed by atoms with Crippen LogP contribution in [0.4, 0.5) is 4.79 Å². The number of nitrogens with zero attached hydrogens (tertiary/aromatic N) is 2. The molecule has 2 rings (SSSR count).